The van der Waals surface area contributed by atoms with E-state index in [1.54, 1.807) is 6.07 Å². The molecule has 1 atom stereocenters. The van der Waals surface area contributed by atoms with Crippen molar-refractivity contribution in [2.24, 2.45) is 5.92 Å². The third-order valence-electron chi connectivity index (χ3n) is 6.24. The van der Waals surface area contributed by atoms with Crippen LogP contribution in [0.5, 0.6) is 0 Å². The predicted octanol–water partition coefficient (Wildman–Crippen LogP) is 4.02. The molecule has 5 nitrogen and oxygen atoms in total. The first-order valence-electron chi connectivity index (χ1n) is 10.3. The lowest BCUT2D eigenvalue weighted by Crippen LogP contribution is -2.53. The van der Waals surface area contributed by atoms with E-state index in [1.165, 1.54) is 26.4 Å². The first-order chi connectivity index (χ1) is 13.5. The summed E-state index contributed by atoms with van der Waals surface area (Å²) in [4.78, 5) is 25.9. The van der Waals surface area contributed by atoms with Crippen molar-refractivity contribution in [1.29, 1.82) is 0 Å². The SMILES string of the molecule is COC(=O)C(CC1CCCCC1)NC(=O)C1(c2cccc(Cl)c2)CCOCC1. The second-order valence-electron chi connectivity index (χ2n) is 7.99. The molecule has 1 saturated heterocycles. The van der Waals surface area contributed by atoms with Crippen LogP contribution < -0.4 is 5.32 Å². The standard InChI is InChI=1S/C22H30ClNO4/c1-27-20(25)19(14-16-6-3-2-4-7-16)24-21(26)22(10-12-28-13-11-22)17-8-5-9-18(23)15-17/h5,8-9,15-16,19H,2-4,6-7,10-14H2,1H3,(H,24,26). The van der Waals surface area contributed by atoms with Gasteiger partial charge >= 0.3 is 5.97 Å². The molecular formula is C22H30ClNO4. The Hall–Kier alpha value is -1.59. The highest BCUT2D eigenvalue weighted by atomic mass is 35.5. The summed E-state index contributed by atoms with van der Waals surface area (Å²) in [5.74, 6) is -0.0496. The minimum absolute atomic E-state index is 0.135. The van der Waals surface area contributed by atoms with Crippen LogP contribution in [0.15, 0.2) is 24.3 Å². The van der Waals surface area contributed by atoms with E-state index in [-0.39, 0.29) is 11.9 Å². The van der Waals surface area contributed by atoms with E-state index in [2.05, 4.69) is 5.32 Å². The number of hydrogen-bond acceptors (Lipinski definition) is 4. The number of ether oxygens (including phenoxy) is 2. The molecule has 1 heterocycles. The molecule has 0 radical (unpaired) electrons. The van der Waals surface area contributed by atoms with E-state index in [0.717, 1.165) is 18.4 Å². The Bertz CT molecular complexity index is 681. The Morgan fingerprint density at radius 2 is 1.96 bits per heavy atom. The van der Waals surface area contributed by atoms with Gasteiger partial charge in [0.2, 0.25) is 5.91 Å². The van der Waals surface area contributed by atoms with Crippen molar-refractivity contribution >= 4 is 23.5 Å². The highest BCUT2D eigenvalue weighted by molar-refractivity contribution is 6.30. The van der Waals surface area contributed by atoms with Gasteiger partial charge in [0.15, 0.2) is 0 Å². The molecular weight excluding hydrogens is 378 g/mol. The molecule has 1 aromatic rings. The number of esters is 1. The van der Waals surface area contributed by atoms with Crippen molar-refractivity contribution in [3.05, 3.63) is 34.9 Å². The number of halogens is 1. The zero-order valence-electron chi connectivity index (χ0n) is 16.5. The lowest BCUT2D eigenvalue weighted by Gasteiger charge is -2.37. The van der Waals surface area contributed by atoms with Crippen molar-refractivity contribution in [1.82, 2.24) is 5.32 Å². The molecule has 1 aromatic carbocycles. The van der Waals surface area contributed by atoms with Crippen LogP contribution in [0.4, 0.5) is 0 Å². The molecule has 1 unspecified atom stereocenters. The number of nitrogens with one attached hydrogen (secondary N) is 1. The Labute approximate surface area is 172 Å². The molecule has 0 aromatic heterocycles. The monoisotopic (exact) mass is 407 g/mol. The number of amides is 1. The molecule has 2 fully saturated rings. The van der Waals surface area contributed by atoms with Gasteiger partial charge in [-0.25, -0.2) is 4.79 Å². The van der Waals surface area contributed by atoms with Crippen LogP contribution >= 0.6 is 11.6 Å². The summed E-state index contributed by atoms with van der Waals surface area (Å²) in [6.07, 6.45) is 7.62. The molecule has 3 rings (SSSR count). The molecule has 1 N–H and O–H groups in total. The molecule has 154 valence electrons. The fourth-order valence-electron chi connectivity index (χ4n) is 4.56. The van der Waals surface area contributed by atoms with Gasteiger partial charge < -0.3 is 14.8 Å². The lowest BCUT2D eigenvalue weighted by atomic mass is 9.73. The summed E-state index contributed by atoms with van der Waals surface area (Å²) in [6.45, 7) is 1.01. The molecule has 1 amide bonds. The molecule has 2 aliphatic rings. The third-order valence-corrected chi connectivity index (χ3v) is 6.48. The zero-order chi connectivity index (χ0) is 20.0. The van der Waals surface area contributed by atoms with Gasteiger partial charge in [-0.1, -0.05) is 55.8 Å². The Morgan fingerprint density at radius 1 is 1.25 bits per heavy atom. The normalized spacial score (nSPS) is 20.9. The highest BCUT2D eigenvalue weighted by Gasteiger charge is 2.43. The third kappa shape index (κ3) is 4.87. The fraction of sp³-hybridized carbons (Fsp3) is 0.636. The predicted molar refractivity (Wildman–Crippen MR) is 108 cm³/mol. The average molecular weight is 408 g/mol. The largest absolute Gasteiger partial charge is 0.467 e. The van der Waals surface area contributed by atoms with Crippen LogP contribution in [0.1, 0.15) is 56.9 Å². The van der Waals surface area contributed by atoms with Gasteiger partial charge in [-0.2, -0.15) is 0 Å². The first-order valence-corrected chi connectivity index (χ1v) is 10.7. The van der Waals surface area contributed by atoms with Crippen LogP contribution in [0.25, 0.3) is 0 Å². The molecule has 28 heavy (non-hydrogen) atoms. The number of methoxy groups -OCH3 is 1. The first kappa shape index (κ1) is 21.1. The number of hydrogen-bond donors (Lipinski definition) is 1. The van der Waals surface area contributed by atoms with Crippen LogP contribution in [0, 0.1) is 5.92 Å². The topological polar surface area (TPSA) is 64.6 Å². The number of carbonyl (C=O) groups excluding carboxylic acids is 2. The highest BCUT2D eigenvalue weighted by Crippen LogP contribution is 2.37. The van der Waals surface area contributed by atoms with Crippen LogP contribution in [0.2, 0.25) is 5.02 Å². The lowest BCUT2D eigenvalue weighted by molar-refractivity contribution is -0.147. The smallest absolute Gasteiger partial charge is 0.328 e. The van der Waals surface area contributed by atoms with Gasteiger partial charge in [0.05, 0.1) is 12.5 Å². The molecule has 6 heteroatoms. The van der Waals surface area contributed by atoms with E-state index in [1.807, 2.05) is 18.2 Å². The maximum absolute atomic E-state index is 13.5. The van der Waals surface area contributed by atoms with Gasteiger partial charge in [-0.15, -0.1) is 0 Å². The molecule has 1 saturated carbocycles. The maximum atomic E-state index is 13.5. The van der Waals surface area contributed by atoms with E-state index in [0.29, 0.717) is 43.4 Å². The zero-order valence-corrected chi connectivity index (χ0v) is 17.3. The van der Waals surface area contributed by atoms with Gasteiger partial charge in [0.1, 0.15) is 6.04 Å². The van der Waals surface area contributed by atoms with Gasteiger partial charge in [-0.3, -0.25) is 4.79 Å². The van der Waals surface area contributed by atoms with Crippen molar-refractivity contribution < 1.29 is 19.1 Å². The minimum Gasteiger partial charge on any atom is -0.467 e. The van der Waals surface area contributed by atoms with E-state index in [9.17, 15) is 9.59 Å². The number of carbonyl (C=O) groups is 2. The summed E-state index contributed by atoms with van der Waals surface area (Å²) < 4.78 is 10.5. The quantitative estimate of drug-likeness (QED) is 0.723. The summed E-state index contributed by atoms with van der Waals surface area (Å²) in [5.41, 5.74) is 0.143. The molecule has 1 aliphatic heterocycles. The van der Waals surface area contributed by atoms with Crippen molar-refractivity contribution in [2.75, 3.05) is 20.3 Å². The van der Waals surface area contributed by atoms with Gasteiger partial charge in [0, 0.05) is 18.2 Å². The molecule has 0 spiro atoms. The van der Waals surface area contributed by atoms with Crippen LogP contribution in [-0.4, -0.2) is 38.2 Å². The Morgan fingerprint density at radius 3 is 2.61 bits per heavy atom. The van der Waals surface area contributed by atoms with E-state index < -0.39 is 11.5 Å². The van der Waals surface area contributed by atoms with Crippen LogP contribution in [-0.2, 0) is 24.5 Å². The Kier molecular flexibility index (Phi) is 7.36. The molecule has 0 bridgehead atoms. The van der Waals surface area contributed by atoms with Crippen molar-refractivity contribution in [3.63, 3.8) is 0 Å². The van der Waals surface area contributed by atoms with E-state index in [4.69, 9.17) is 21.1 Å². The Balaban J connectivity index is 1.81. The average Bonchev–Trinajstić information content (AvgIpc) is 2.74. The fourth-order valence-corrected chi connectivity index (χ4v) is 4.75. The number of benzene rings is 1. The van der Waals surface area contributed by atoms with E-state index >= 15 is 0 Å². The van der Waals surface area contributed by atoms with Crippen molar-refractivity contribution in [2.45, 2.75) is 62.8 Å². The second-order valence-corrected chi connectivity index (χ2v) is 8.43. The number of rotatable bonds is 6. The summed E-state index contributed by atoms with van der Waals surface area (Å²) in [6, 6.07) is 6.84. The van der Waals surface area contributed by atoms with Gasteiger partial charge in [0.25, 0.3) is 0 Å². The molecule has 1 aliphatic carbocycles. The van der Waals surface area contributed by atoms with Crippen LogP contribution in [0.3, 0.4) is 0 Å². The maximum Gasteiger partial charge on any atom is 0.328 e. The summed E-state index contributed by atoms with van der Waals surface area (Å²) in [7, 11) is 1.38. The minimum atomic E-state index is -0.734. The summed E-state index contributed by atoms with van der Waals surface area (Å²) >= 11 is 6.20. The van der Waals surface area contributed by atoms with Crippen molar-refractivity contribution in [3.8, 4) is 0 Å². The van der Waals surface area contributed by atoms with Gasteiger partial charge in [-0.05, 0) is 42.9 Å². The summed E-state index contributed by atoms with van der Waals surface area (Å²) in [5, 5.41) is 3.63. The second kappa shape index (κ2) is 9.75.